The van der Waals surface area contributed by atoms with Crippen LogP contribution < -0.4 is 9.80 Å². The predicted molar refractivity (Wildman–Crippen MR) is 101 cm³/mol. The summed E-state index contributed by atoms with van der Waals surface area (Å²) in [6.07, 6.45) is 0.0546. The Bertz CT molecular complexity index is 1140. The van der Waals surface area contributed by atoms with E-state index in [4.69, 9.17) is 0 Å². The largest absolute Gasteiger partial charge is 0.328 e. The maximum atomic E-state index is 13.0. The molecule has 3 heterocycles. The van der Waals surface area contributed by atoms with Crippen molar-refractivity contribution in [2.24, 2.45) is 0 Å². The van der Waals surface area contributed by atoms with Crippen molar-refractivity contribution in [3.05, 3.63) is 58.6 Å². The van der Waals surface area contributed by atoms with E-state index < -0.39 is 11.0 Å². The molecule has 1 atom stereocenters. The molecular weight excluding hydrogens is 362 g/mol. The van der Waals surface area contributed by atoms with Crippen molar-refractivity contribution in [3.63, 3.8) is 0 Å². The number of carbonyl (C=O) groups is 2. The van der Waals surface area contributed by atoms with Crippen LogP contribution in [0.3, 0.4) is 0 Å². The zero-order valence-electron chi connectivity index (χ0n) is 14.7. The van der Waals surface area contributed by atoms with Gasteiger partial charge < -0.3 is 9.47 Å². The Kier molecular flexibility index (Phi) is 3.45. The Hall–Kier alpha value is -3.75. The fraction of sp³-hybridized carbons (Fsp3) is 0.211. The van der Waals surface area contributed by atoms with Crippen molar-refractivity contribution in [3.8, 4) is 0 Å². The Labute approximate surface area is 158 Å². The number of nitrogens with zero attached hydrogens (tertiary/aromatic N) is 5. The quantitative estimate of drug-likeness (QED) is 0.393. The number of carbonyl (C=O) groups excluding carboxylic acids is 2. The number of aromatic nitrogens is 2. The summed E-state index contributed by atoms with van der Waals surface area (Å²) in [7, 11) is 0. The molecule has 2 amide bonds. The number of hydrogen-bond acceptors (Lipinski definition) is 6. The minimum absolute atomic E-state index is 0.0546. The number of benzene rings is 2. The molecule has 1 fully saturated rings. The van der Waals surface area contributed by atoms with Gasteiger partial charge in [-0.25, -0.2) is 9.88 Å². The Morgan fingerprint density at radius 1 is 1.04 bits per heavy atom. The number of hydrogen-bond donors (Lipinski definition) is 0. The van der Waals surface area contributed by atoms with Crippen LogP contribution in [0.5, 0.6) is 0 Å². The molecule has 28 heavy (non-hydrogen) atoms. The number of para-hydroxylation sites is 2. The molecule has 1 unspecified atom stereocenters. The molecule has 140 valence electrons. The first-order valence-corrected chi connectivity index (χ1v) is 8.88. The van der Waals surface area contributed by atoms with E-state index in [0.29, 0.717) is 24.7 Å². The molecule has 2 aliphatic heterocycles. The lowest BCUT2D eigenvalue weighted by Gasteiger charge is -2.22. The molecule has 9 nitrogen and oxygen atoms in total. The van der Waals surface area contributed by atoms with Crippen LogP contribution in [0.4, 0.5) is 17.3 Å². The van der Waals surface area contributed by atoms with Crippen LogP contribution in [0.25, 0.3) is 11.0 Å². The van der Waals surface area contributed by atoms with E-state index in [1.54, 1.807) is 0 Å². The first-order valence-electron chi connectivity index (χ1n) is 8.88. The average molecular weight is 377 g/mol. The van der Waals surface area contributed by atoms with Crippen molar-refractivity contribution in [1.29, 1.82) is 0 Å². The first-order chi connectivity index (χ1) is 13.5. The highest BCUT2D eigenvalue weighted by Gasteiger charge is 2.45. The summed E-state index contributed by atoms with van der Waals surface area (Å²) >= 11 is 0. The monoisotopic (exact) mass is 377 g/mol. The van der Waals surface area contributed by atoms with E-state index in [-0.39, 0.29) is 23.9 Å². The third kappa shape index (κ3) is 2.29. The lowest BCUT2D eigenvalue weighted by Crippen LogP contribution is -2.41. The van der Waals surface area contributed by atoms with Crippen LogP contribution in [-0.4, -0.2) is 38.9 Å². The number of non-ortho nitro benzene ring substituents is 1. The lowest BCUT2D eigenvalue weighted by molar-refractivity contribution is -0.384. The van der Waals surface area contributed by atoms with Gasteiger partial charge in [0.1, 0.15) is 6.04 Å². The lowest BCUT2D eigenvalue weighted by atomic mass is 10.2. The van der Waals surface area contributed by atoms with Crippen molar-refractivity contribution in [1.82, 2.24) is 9.55 Å². The second kappa shape index (κ2) is 5.88. The number of anilines is 2. The van der Waals surface area contributed by atoms with Crippen LogP contribution in [0.15, 0.2) is 48.5 Å². The van der Waals surface area contributed by atoms with Gasteiger partial charge in [-0.1, -0.05) is 12.1 Å². The van der Waals surface area contributed by atoms with E-state index in [1.807, 2.05) is 29.2 Å². The second-order valence-electron chi connectivity index (χ2n) is 6.81. The number of nitro groups is 1. The van der Waals surface area contributed by atoms with Gasteiger partial charge in [0, 0.05) is 25.2 Å². The molecule has 1 saturated heterocycles. The van der Waals surface area contributed by atoms with Gasteiger partial charge in [-0.3, -0.25) is 19.7 Å². The van der Waals surface area contributed by atoms with Crippen LogP contribution in [-0.2, 0) is 16.1 Å². The van der Waals surface area contributed by atoms with Gasteiger partial charge in [0.15, 0.2) is 0 Å². The average Bonchev–Trinajstić information content (AvgIpc) is 3.33. The zero-order valence-corrected chi connectivity index (χ0v) is 14.7. The van der Waals surface area contributed by atoms with Gasteiger partial charge in [0.25, 0.3) is 11.6 Å². The fourth-order valence-corrected chi connectivity index (χ4v) is 3.96. The third-order valence-corrected chi connectivity index (χ3v) is 5.27. The standard InChI is InChI=1S/C19H15N5O4/c25-17-11-16(18(26)23(17)12-5-7-13(8-6-12)24(27)28)22-10-9-21-15-4-2-1-3-14(15)20-19(21)22/h1-8,16H,9-11H2. The van der Waals surface area contributed by atoms with Crippen molar-refractivity contribution in [2.75, 3.05) is 16.3 Å². The topological polar surface area (TPSA) is 102 Å². The summed E-state index contributed by atoms with van der Waals surface area (Å²) in [4.78, 5) is 43.5. The van der Waals surface area contributed by atoms with Crippen LogP contribution >= 0.6 is 0 Å². The summed E-state index contributed by atoms with van der Waals surface area (Å²) in [5.41, 5.74) is 2.11. The van der Waals surface area contributed by atoms with Gasteiger partial charge in [0.2, 0.25) is 11.9 Å². The SMILES string of the molecule is O=C1CC(N2CCn3c2nc2ccccc23)C(=O)N1c1ccc([N+](=O)[O-])cc1. The normalized spacial score (nSPS) is 18.9. The highest BCUT2D eigenvalue weighted by atomic mass is 16.6. The van der Waals surface area contributed by atoms with E-state index in [1.165, 1.54) is 24.3 Å². The van der Waals surface area contributed by atoms with Gasteiger partial charge in [-0.2, -0.15) is 0 Å². The zero-order chi connectivity index (χ0) is 19.4. The van der Waals surface area contributed by atoms with Gasteiger partial charge in [-0.05, 0) is 24.3 Å². The van der Waals surface area contributed by atoms with Crippen molar-refractivity contribution >= 4 is 40.2 Å². The van der Waals surface area contributed by atoms with E-state index in [2.05, 4.69) is 9.55 Å². The molecular formula is C19H15N5O4. The maximum absolute atomic E-state index is 13.0. The molecule has 5 rings (SSSR count). The summed E-state index contributed by atoms with van der Waals surface area (Å²) in [5.74, 6) is 0.0377. The molecule has 0 N–H and O–H groups in total. The Morgan fingerprint density at radius 3 is 2.54 bits per heavy atom. The highest BCUT2D eigenvalue weighted by Crippen LogP contribution is 2.33. The third-order valence-electron chi connectivity index (χ3n) is 5.27. The van der Waals surface area contributed by atoms with Crippen LogP contribution in [0.2, 0.25) is 0 Å². The molecule has 0 saturated carbocycles. The van der Waals surface area contributed by atoms with Crippen molar-refractivity contribution < 1.29 is 14.5 Å². The number of nitro benzene ring substituents is 1. The molecule has 0 bridgehead atoms. The molecule has 0 aliphatic carbocycles. The van der Waals surface area contributed by atoms with E-state index >= 15 is 0 Å². The Morgan fingerprint density at radius 2 is 1.79 bits per heavy atom. The molecule has 3 aromatic rings. The molecule has 0 radical (unpaired) electrons. The first kappa shape index (κ1) is 16.4. The summed E-state index contributed by atoms with van der Waals surface area (Å²) < 4.78 is 2.06. The molecule has 1 aromatic heterocycles. The van der Waals surface area contributed by atoms with Crippen molar-refractivity contribution in [2.45, 2.75) is 19.0 Å². The van der Waals surface area contributed by atoms with Gasteiger partial charge >= 0.3 is 0 Å². The van der Waals surface area contributed by atoms with Gasteiger partial charge in [0.05, 0.1) is 28.1 Å². The van der Waals surface area contributed by atoms with E-state index in [9.17, 15) is 19.7 Å². The van der Waals surface area contributed by atoms with Gasteiger partial charge in [-0.15, -0.1) is 0 Å². The number of amides is 2. The van der Waals surface area contributed by atoms with Crippen LogP contribution in [0.1, 0.15) is 6.42 Å². The number of rotatable bonds is 3. The molecule has 2 aromatic carbocycles. The minimum Gasteiger partial charge on any atom is -0.328 e. The summed E-state index contributed by atoms with van der Waals surface area (Å²) in [5, 5.41) is 10.8. The predicted octanol–water partition coefficient (Wildman–Crippen LogP) is 2.10. The molecule has 2 aliphatic rings. The Balaban J connectivity index is 1.46. The van der Waals surface area contributed by atoms with E-state index in [0.717, 1.165) is 15.9 Å². The summed E-state index contributed by atoms with van der Waals surface area (Å²) in [6, 6.07) is 12.6. The summed E-state index contributed by atoms with van der Waals surface area (Å²) in [6.45, 7) is 1.30. The maximum Gasteiger partial charge on any atom is 0.269 e. The molecule has 0 spiro atoms. The fourth-order valence-electron chi connectivity index (χ4n) is 3.96. The number of imide groups is 1. The van der Waals surface area contributed by atoms with Crippen LogP contribution in [0, 0.1) is 10.1 Å². The number of imidazole rings is 1. The minimum atomic E-state index is -0.624. The highest BCUT2D eigenvalue weighted by molar-refractivity contribution is 6.23. The second-order valence-corrected chi connectivity index (χ2v) is 6.81. The smallest absolute Gasteiger partial charge is 0.269 e. The number of fused-ring (bicyclic) bond motifs is 3. The molecule has 9 heteroatoms.